The number of halogens is 1. The Hall–Kier alpha value is -4.17. The molecule has 0 spiro atoms. The van der Waals surface area contributed by atoms with E-state index >= 15 is 0 Å². The first-order valence-electron chi connectivity index (χ1n) is 11.7. The second kappa shape index (κ2) is 10.4. The predicted octanol–water partition coefficient (Wildman–Crippen LogP) is 5.27. The van der Waals surface area contributed by atoms with Crippen LogP contribution in [0.25, 0.3) is 5.69 Å². The normalized spacial score (nSPS) is 14.2. The van der Waals surface area contributed by atoms with Crippen molar-refractivity contribution in [2.45, 2.75) is 26.0 Å². The summed E-state index contributed by atoms with van der Waals surface area (Å²) in [5.74, 6) is 2.28. The molecular formula is C28H25ClN4O4. The first kappa shape index (κ1) is 24.5. The van der Waals surface area contributed by atoms with Gasteiger partial charge in [0.2, 0.25) is 0 Å². The zero-order chi connectivity index (χ0) is 25.9. The van der Waals surface area contributed by atoms with Crippen LogP contribution in [0, 0.1) is 6.92 Å². The smallest absolute Gasteiger partial charge is 0.308 e. The van der Waals surface area contributed by atoms with Crippen molar-refractivity contribution in [1.29, 1.82) is 0 Å². The number of ether oxygens (including phenoxy) is 3. The lowest BCUT2D eigenvalue weighted by Gasteiger charge is -2.14. The molecule has 0 saturated heterocycles. The average molecular weight is 517 g/mol. The highest BCUT2D eigenvalue weighted by atomic mass is 35.5. The van der Waals surface area contributed by atoms with Crippen molar-refractivity contribution < 1.29 is 19.0 Å². The maximum atomic E-state index is 13.0. The topological polar surface area (TPSA) is 87.8 Å². The third kappa shape index (κ3) is 5.06. The average Bonchev–Trinajstić information content (AvgIpc) is 3.25. The molecule has 5 rings (SSSR count). The Balaban J connectivity index is 1.51. The van der Waals surface area contributed by atoms with E-state index in [9.17, 15) is 4.79 Å². The molecule has 0 fully saturated rings. The molecule has 9 heteroatoms. The third-order valence-corrected chi connectivity index (χ3v) is 6.42. The summed E-state index contributed by atoms with van der Waals surface area (Å²) < 4.78 is 18.2. The lowest BCUT2D eigenvalue weighted by Crippen LogP contribution is -2.13. The van der Waals surface area contributed by atoms with Crippen molar-refractivity contribution in [2.24, 2.45) is 4.99 Å². The number of hydrogen-bond acceptors (Lipinski definition) is 7. The molecule has 1 atom stereocenters. The zero-order valence-electron chi connectivity index (χ0n) is 20.6. The van der Waals surface area contributed by atoms with Gasteiger partial charge in [0, 0.05) is 16.1 Å². The van der Waals surface area contributed by atoms with Crippen LogP contribution in [-0.4, -0.2) is 40.7 Å². The fraction of sp³-hybridized carbons (Fsp3) is 0.214. The van der Waals surface area contributed by atoms with Gasteiger partial charge in [0.1, 0.15) is 30.0 Å². The Morgan fingerprint density at radius 2 is 1.65 bits per heavy atom. The van der Waals surface area contributed by atoms with Gasteiger partial charge in [-0.3, -0.25) is 14.4 Å². The first-order valence-corrected chi connectivity index (χ1v) is 12.1. The molecule has 0 bridgehead atoms. The Morgan fingerprint density at radius 1 is 0.946 bits per heavy atom. The van der Waals surface area contributed by atoms with Crippen LogP contribution >= 0.6 is 11.6 Å². The monoisotopic (exact) mass is 516 g/mol. The number of carbonyl (C=O) groups excluding carboxylic acids is 1. The fourth-order valence-electron chi connectivity index (χ4n) is 4.28. The molecular weight excluding hydrogens is 492 g/mol. The van der Waals surface area contributed by atoms with E-state index in [0.717, 1.165) is 28.1 Å². The number of benzene rings is 3. The van der Waals surface area contributed by atoms with Gasteiger partial charge in [0.15, 0.2) is 5.82 Å². The van der Waals surface area contributed by atoms with Gasteiger partial charge in [0.05, 0.1) is 32.0 Å². The largest absolute Gasteiger partial charge is 0.497 e. The highest BCUT2D eigenvalue weighted by Crippen LogP contribution is 2.34. The second-order valence-electron chi connectivity index (χ2n) is 8.54. The number of carbonyl (C=O) groups is 1. The molecule has 1 aromatic heterocycles. The molecule has 3 aromatic carbocycles. The number of rotatable bonds is 7. The zero-order valence-corrected chi connectivity index (χ0v) is 21.4. The summed E-state index contributed by atoms with van der Waals surface area (Å²) in [6.45, 7) is 2.02. The minimum atomic E-state index is -0.617. The van der Waals surface area contributed by atoms with Crippen molar-refractivity contribution >= 4 is 23.3 Å². The Bertz CT molecular complexity index is 1460. The standard InChI is InChI=1S/C28H25ClN4O4/c1-17-31-32-28-24(15-26(34)37-16-18-4-10-21(35-2)11-5-18)30-27(19-6-8-20(29)9-7-19)23-14-22(36-3)12-13-25(23)33(17)28/h4-14,24H,15-16H2,1-3H3. The van der Waals surface area contributed by atoms with E-state index in [0.29, 0.717) is 28.1 Å². The van der Waals surface area contributed by atoms with Crippen LogP contribution in [0.15, 0.2) is 71.7 Å². The summed E-state index contributed by atoms with van der Waals surface area (Å²) in [6, 6.07) is 19.9. The Kier molecular flexibility index (Phi) is 6.92. The molecule has 37 heavy (non-hydrogen) atoms. The number of aliphatic imine (C=N–C) groups is 1. The van der Waals surface area contributed by atoms with Crippen molar-refractivity contribution in [3.05, 3.63) is 100 Å². The maximum Gasteiger partial charge on any atom is 0.308 e. The lowest BCUT2D eigenvalue weighted by atomic mass is 10.00. The van der Waals surface area contributed by atoms with E-state index in [4.69, 9.17) is 30.8 Å². The fourth-order valence-corrected chi connectivity index (χ4v) is 4.41. The molecule has 1 aliphatic heterocycles. The molecule has 0 amide bonds. The van der Waals surface area contributed by atoms with Gasteiger partial charge in [-0.25, -0.2) is 0 Å². The number of esters is 1. The van der Waals surface area contributed by atoms with Crippen LogP contribution in [0.1, 0.15) is 40.8 Å². The van der Waals surface area contributed by atoms with Crippen molar-refractivity contribution in [3.8, 4) is 17.2 Å². The van der Waals surface area contributed by atoms with E-state index in [1.165, 1.54) is 0 Å². The molecule has 2 heterocycles. The number of hydrogen-bond donors (Lipinski definition) is 0. The van der Waals surface area contributed by atoms with Crippen LogP contribution in [0.5, 0.6) is 11.5 Å². The molecule has 0 saturated carbocycles. The van der Waals surface area contributed by atoms with Crippen molar-refractivity contribution in [1.82, 2.24) is 14.8 Å². The number of methoxy groups -OCH3 is 2. The van der Waals surface area contributed by atoms with Gasteiger partial charge in [-0.2, -0.15) is 0 Å². The number of aromatic nitrogens is 3. The molecule has 1 aliphatic rings. The van der Waals surface area contributed by atoms with Gasteiger partial charge >= 0.3 is 5.97 Å². The quantitative estimate of drug-likeness (QED) is 0.311. The van der Waals surface area contributed by atoms with E-state index in [-0.39, 0.29) is 13.0 Å². The number of nitrogens with zero attached hydrogens (tertiary/aromatic N) is 4. The van der Waals surface area contributed by atoms with Crippen molar-refractivity contribution in [3.63, 3.8) is 0 Å². The Labute approximate surface area is 219 Å². The van der Waals surface area contributed by atoms with Crippen LogP contribution in [0.4, 0.5) is 0 Å². The highest BCUT2D eigenvalue weighted by molar-refractivity contribution is 6.30. The maximum absolute atomic E-state index is 13.0. The summed E-state index contributed by atoms with van der Waals surface area (Å²) >= 11 is 6.16. The van der Waals surface area contributed by atoms with Gasteiger partial charge in [0.25, 0.3) is 0 Å². The molecule has 0 aliphatic carbocycles. The molecule has 0 radical (unpaired) electrons. The number of fused-ring (bicyclic) bond motifs is 3. The van der Waals surface area contributed by atoms with Crippen molar-refractivity contribution in [2.75, 3.05) is 14.2 Å². The summed E-state index contributed by atoms with van der Waals surface area (Å²) in [4.78, 5) is 18.0. The van der Waals surface area contributed by atoms with Gasteiger partial charge in [-0.15, -0.1) is 10.2 Å². The van der Waals surface area contributed by atoms with Crippen LogP contribution in [-0.2, 0) is 16.1 Å². The van der Waals surface area contributed by atoms with Gasteiger partial charge < -0.3 is 14.2 Å². The summed E-state index contributed by atoms with van der Waals surface area (Å²) in [7, 11) is 3.23. The molecule has 1 unspecified atom stereocenters. The van der Waals surface area contributed by atoms with E-state index in [2.05, 4.69) is 10.2 Å². The minimum Gasteiger partial charge on any atom is -0.497 e. The highest BCUT2D eigenvalue weighted by Gasteiger charge is 2.30. The van der Waals surface area contributed by atoms with Gasteiger partial charge in [-0.05, 0) is 55.0 Å². The molecule has 4 aromatic rings. The third-order valence-electron chi connectivity index (χ3n) is 6.17. The number of aryl methyl sites for hydroxylation is 1. The second-order valence-corrected chi connectivity index (χ2v) is 8.97. The minimum absolute atomic E-state index is 0.00347. The SMILES string of the molecule is COc1ccc(COC(=O)CC2N=C(c3ccc(Cl)cc3)c3cc(OC)ccc3-n3c(C)nnc32)cc1. The van der Waals surface area contributed by atoms with Crippen LogP contribution < -0.4 is 9.47 Å². The summed E-state index contributed by atoms with van der Waals surface area (Å²) in [6.07, 6.45) is -0.00347. The van der Waals surface area contributed by atoms with E-state index in [1.807, 2.05) is 78.2 Å². The molecule has 188 valence electrons. The Morgan fingerprint density at radius 3 is 2.35 bits per heavy atom. The molecule has 0 N–H and O–H groups in total. The lowest BCUT2D eigenvalue weighted by molar-refractivity contribution is -0.145. The van der Waals surface area contributed by atoms with Crippen LogP contribution in [0.2, 0.25) is 5.02 Å². The summed E-state index contributed by atoms with van der Waals surface area (Å²) in [5.41, 5.74) is 4.09. The first-order chi connectivity index (χ1) is 18.0. The predicted molar refractivity (Wildman–Crippen MR) is 140 cm³/mol. The molecule has 8 nitrogen and oxygen atoms in total. The summed E-state index contributed by atoms with van der Waals surface area (Å²) in [5, 5.41) is 9.31. The van der Waals surface area contributed by atoms with Crippen LogP contribution in [0.3, 0.4) is 0 Å². The van der Waals surface area contributed by atoms with Gasteiger partial charge in [-0.1, -0.05) is 35.9 Å². The van der Waals surface area contributed by atoms with E-state index in [1.54, 1.807) is 14.2 Å². The van der Waals surface area contributed by atoms with E-state index < -0.39 is 12.0 Å².